The summed E-state index contributed by atoms with van der Waals surface area (Å²) in [6, 6.07) is 11.5. The van der Waals surface area contributed by atoms with Crippen molar-refractivity contribution in [1.82, 2.24) is 24.9 Å². The summed E-state index contributed by atoms with van der Waals surface area (Å²) in [6.45, 7) is 2.22. The lowest BCUT2D eigenvalue weighted by Crippen LogP contribution is -2.21. The highest BCUT2D eigenvalue weighted by molar-refractivity contribution is 5.89. The zero-order valence-electron chi connectivity index (χ0n) is 17.1. The monoisotopic (exact) mass is 421 g/mol. The summed E-state index contributed by atoms with van der Waals surface area (Å²) < 4.78 is 26.7. The average Bonchev–Trinajstić information content (AvgIpc) is 3.06. The van der Waals surface area contributed by atoms with Crippen LogP contribution in [0.25, 0.3) is 28.0 Å². The molecule has 8 nitrogen and oxygen atoms in total. The van der Waals surface area contributed by atoms with Crippen molar-refractivity contribution in [2.45, 2.75) is 6.54 Å². The van der Waals surface area contributed by atoms with Crippen LogP contribution in [0.5, 0.6) is 11.5 Å². The summed E-state index contributed by atoms with van der Waals surface area (Å²) >= 11 is 0. The molecule has 0 fully saturated rings. The van der Waals surface area contributed by atoms with Crippen molar-refractivity contribution in [3.8, 4) is 28.4 Å². The number of halogens is 1. The number of ether oxygens (including phenoxy) is 2. The lowest BCUT2D eigenvalue weighted by Gasteiger charge is -2.12. The molecule has 0 saturated heterocycles. The van der Waals surface area contributed by atoms with Crippen LogP contribution < -0.4 is 15.0 Å². The summed E-state index contributed by atoms with van der Waals surface area (Å²) in [7, 11) is 3.46. The number of nitrogens with one attached hydrogen (secondary N) is 1. The molecular formula is C22H20FN5O3. The van der Waals surface area contributed by atoms with Gasteiger partial charge in [0.2, 0.25) is 0 Å². The van der Waals surface area contributed by atoms with Crippen LogP contribution in [0.3, 0.4) is 0 Å². The molecule has 1 aliphatic rings. The first-order valence-electron chi connectivity index (χ1n) is 9.81. The second-order valence-electron chi connectivity index (χ2n) is 7.43. The number of nitrogens with zero attached hydrogens (tertiary/aromatic N) is 4. The first-order valence-corrected chi connectivity index (χ1v) is 9.81. The Kier molecular flexibility index (Phi) is 4.67. The Morgan fingerprint density at radius 1 is 1.23 bits per heavy atom. The van der Waals surface area contributed by atoms with Crippen LogP contribution in [0, 0.1) is 5.82 Å². The standard InChI is InChI=1S/C22H20FN5O3/c1-27-8-9-31-17-7-6-13(10-14(17)12-27)20-21-16(24-25-20)11-19(29)28(26-21)22-15(23)4-3-5-18(22)30-2/h3-7,10-11,24H,8-9,12H2,1-2H3. The van der Waals surface area contributed by atoms with Gasteiger partial charge in [0.1, 0.15) is 35.0 Å². The van der Waals surface area contributed by atoms with Crippen LogP contribution >= 0.6 is 0 Å². The van der Waals surface area contributed by atoms with Crippen molar-refractivity contribution in [2.24, 2.45) is 0 Å². The molecule has 0 saturated carbocycles. The highest BCUT2D eigenvalue weighted by Crippen LogP contribution is 2.31. The lowest BCUT2D eigenvalue weighted by molar-refractivity contribution is 0.259. The molecule has 0 bridgehead atoms. The van der Waals surface area contributed by atoms with Crippen LogP contribution in [0.15, 0.2) is 47.3 Å². The Morgan fingerprint density at radius 2 is 2.10 bits per heavy atom. The van der Waals surface area contributed by atoms with Crippen LogP contribution in [0.4, 0.5) is 4.39 Å². The number of likely N-dealkylation sites (N-methyl/N-ethyl adjacent to an activating group) is 1. The van der Waals surface area contributed by atoms with E-state index in [0.717, 1.165) is 34.6 Å². The minimum absolute atomic E-state index is 0.0407. The molecule has 1 N–H and O–H groups in total. The van der Waals surface area contributed by atoms with E-state index in [4.69, 9.17) is 9.47 Å². The van der Waals surface area contributed by atoms with Gasteiger partial charge in [-0.1, -0.05) is 6.07 Å². The molecule has 4 aromatic rings. The molecule has 0 aliphatic carbocycles. The normalized spacial score (nSPS) is 14.2. The molecule has 3 heterocycles. The molecule has 158 valence electrons. The third-order valence-electron chi connectivity index (χ3n) is 5.33. The molecule has 0 amide bonds. The molecule has 0 spiro atoms. The number of benzene rings is 2. The zero-order chi connectivity index (χ0) is 21.5. The van der Waals surface area contributed by atoms with Gasteiger partial charge in [-0.05, 0) is 37.4 Å². The van der Waals surface area contributed by atoms with E-state index < -0.39 is 11.4 Å². The lowest BCUT2D eigenvalue weighted by atomic mass is 10.1. The van der Waals surface area contributed by atoms with Crippen LogP contribution in [0.2, 0.25) is 0 Å². The molecule has 9 heteroatoms. The predicted molar refractivity (Wildman–Crippen MR) is 113 cm³/mol. The Balaban J connectivity index is 1.68. The number of aromatic amines is 1. The van der Waals surface area contributed by atoms with Gasteiger partial charge in [0, 0.05) is 30.3 Å². The van der Waals surface area contributed by atoms with E-state index in [1.165, 1.54) is 25.3 Å². The number of hydrogen-bond donors (Lipinski definition) is 1. The Labute approximate surface area is 176 Å². The van der Waals surface area contributed by atoms with Gasteiger partial charge in [0.15, 0.2) is 5.82 Å². The van der Waals surface area contributed by atoms with E-state index >= 15 is 0 Å². The number of aromatic nitrogens is 4. The molecule has 2 aromatic carbocycles. The molecule has 1 aliphatic heterocycles. The van der Waals surface area contributed by atoms with Crippen molar-refractivity contribution in [1.29, 1.82) is 0 Å². The first-order chi connectivity index (χ1) is 15.0. The fourth-order valence-corrected chi connectivity index (χ4v) is 3.79. The second-order valence-corrected chi connectivity index (χ2v) is 7.43. The fourth-order valence-electron chi connectivity index (χ4n) is 3.79. The fraction of sp³-hybridized carbons (Fsp3) is 0.227. The molecule has 0 unspecified atom stereocenters. The molecule has 0 radical (unpaired) electrons. The van der Waals surface area contributed by atoms with E-state index in [-0.39, 0.29) is 11.4 Å². The van der Waals surface area contributed by atoms with Crippen molar-refractivity contribution in [3.63, 3.8) is 0 Å². The smallest absolute Gasteiger partial charge is 0.273 e. The van der Waals surface area contributed by atoms with E-state index in [1.54, 1.807) is 6.07 Å². The number of hydrogen-bond acceptors (Lipinski definition) is 6. The average molecular weight is 421 g/mol. The number of para-hydroxylation sites is 1. The summed E-state index contributed by atoms with van der Waals surface area (Å²) in [6.07, 6.45) is 0. The van der Waals surface area contributed by atoms with Gasteiger partial charge >= 0.3 is 0 Å². The SMILES string of the molecule is COc1cccc(F)c1-n1nc2c(-c3ccc4c(c3)CN(C)CCO4)n[nH]c2cc1=O. The second kappa shape index (κ2) is 7.51. The van der Waals surface area contributed by atoms with E-state index in [1.807, 2.05) is 25.2 Å². The van der Waals surface area contributed by atoms with Crippen LogP contribution in [-0.4, -0.2) is 52.2 Å². The highest BCUT2D eigenvalue weighted by atomic mass is 19.1. The maximum atomic E-state index is 14.6. The topological polar surface area (TPSA) is 85.3 Å². The Morgan fingerprint density at radius 3 is 2.94 bits per heavy atom. The Bertz CT molecular complexity index is 1350. The van der Waals surface area contributed by atoms with Crippen LogP contribution in [-0.2, 0) is 6.54 Å². The van der Waals surface area contributed by atoms with Gasteiger partial charge in [-0.15, -0.1) is 0 Å². The van der Waals surface area contributed by atoms with Crippen molar-refractivity contribution in [2.75, 3.05) is 27.3 Å². The minimum Gasteiger partial charge on any atom is -0.494 e. The first kappa shape index (κ1) is 19.3. The highest BCUT2D eigenvalue weighted by Gasteiger charge is 2.19. The molecule has 2 aromatic heterocycles. The number of H-pyrrole nitrogens is 1. The molecule has 0 atom stereocenters. The predicted octanol–water partition coefficient (Wildman–Crippen LogP) is 2.75. The van der Waals surface area contributed by atoms with Gasteiger partial charge < -0.3 is 9.47 Å². The van der Waals surface area contributed by atoms with Gasteiger partial charge in [-0.2, -0.15) is 14.9 Å². The van der Waals surface area contributed by atoms with E-state index in [2.05, 4.69) is 20.2 Å². The number of fused-ring (bicyclic) bond motifs is 2. The van der Waals surface area contributed by atoms with Crippen molar-refractivity contribution < 1.29 is 13.9 Å². The van der Waals surface area contributed by atoms with Gasteiger partial charge in [-0.3, -0.25) is 14.8 Å². The van der Waals surface area contributed by atoms with Crippen molar-refractivity contribution in [3.05, 3.63) is 64.2 Å². The summed E-state index contributed by atoms with van der Waals surface area (Å²) in [4.78, 5) is 14.9. The molecule has 31 heavy (non-hydrogen) atoms. The largest absolute Gasteiger partial charge is 0.494 e. The molecular weight excluding hydrogens is 401 g/mol. The quantitative estimate of drug-likeness (QED) is 0.548. The van der Waals surface area contributed by atoms with Gasteiger partial charge in [0.05, 0.1) is 12.6 Å². The third-order valence-corrected chi connectivity index (χ3v) is 5.33. The molecule has 5 rings (SSSR count). The number of rotatable bonds is 3. The summed E-state index contributed by atoms with van der Waals surface area (Å²) in [5, 5.41) is 11.7. The third kappa shape index (κ3) is 3.32. The minimum atomic E-state index is -0.608. The van der Waals surface area contributed by atoms with Crippen molar-refractivity contribution >= 4 is 11.0 Å². The Hall–Kier alpha value is -3.72. The summed E-state index contributed by atoms with van der Waals surface area (Å²) in [5.74, 6) is 0.446. The summed E-state index contributed by atoms with van der Waals surface area (Å²) in [5.41, 5.74) is 2.81. The van der Waals surface area contributed by atoms with E-state index in [9.17, 15) is 9.18 Å². The maximum Gasteiger partial charge on any atom is 0.273 e. The van der Waals surface area contributed by atoms with Gasteiger partial charge in [0.25, 0.3) is 5.56 Å². The zero-order valence-corrected chi connectivity index (χ0v) is 17.1. The van der Waals surface area contributed by atoms with E-state index in [0.29, 0.717) is 23.3 Å². The maximum absolute atomic E-state index is 14.6. The number of methoxy groups -OCH3 is 1. The van der Waals surface area contributed by atoms with Gasteiger partial charge in [-0.25, -0.2) is 4.39 Å². The van der Waals surface area contributed by atoms with Crippen LogP contribution in [0.1, 0.15) is 5.56 Å².